The first-order valence-corrected chi connectivity index (χ1v) is 10.3. The van der Waals surface area contributed by atoms with Crippen LogP contribution in [0.15, 0.2) is 0 Å². The first-order chi connectivity index (χ1) is 11.5. The Hall–Kier alpha value is -1.35. The number of sulfonamides is 1. The Bertz CT molecular complexity index is 614. The van der Waals surface area contributed by atoms with Crippen LogP contribution in [0, 0.1) is 5.92 Å². The standard InChI is InChI=1S/C16H29N3O5S/c1-16(2,3)24-15(21)19-7-4-5-12(10-19)6-8-18-11-13(9-14(18)20)25(17,22)23/h12-13H,4-11H2,1-3H3,(H2,17,22,23). The summed E-state index contributed by atoms with van der Waals surface area (Å²) >= 11 is 0. The van der Waals surface area contributed by atoms with E-state index in [0.29, 0.717) is 19.6 Å². The van der Waals surface area contributed by atoms with Gasteiger partial charge in [-0.2, -0.15) is 0 Å². The zero-order valence-corrected chi connectivity index (χ0v) is 16.0. The summed E-state index contributed by atoms with van der Waals surface area (Å²) < 4.78 is 28.2. The number of ether oxygens (including phenoxy) is 1. The largest absolute Gasteiger partial charge is 0.444 e. The summed E-state index contributed by atoms with van der Waals surface area (Å²) in [5, 5.41) is 4.34. The number of carbonyl (C=O) groups is 2. The number of nitrogens with two attached hydrogens (primary N) is 1. The molecule has 9 heteroatoms. The van der Waals surface area contributed by atoms with Crippen molar-refractivity contribution >= 4 is 22.0 Å². The molecule has 2 atom stereocenters. The van der Waals surface area contributed by atoms with Crippen molar-refractivity contribution in [1.82, 2.24) is 9.80 Å². The third-order valence-electron chi connectivity index (χ3n) is 4.62. The lowest BCUT2D eigenvalue weighted by atomic mass is 9.95. The van der Waals surface area contributed by atoms with Gasteiger partial charge in [-0.15, -0.1) is 0 Å². The number of hydrogen-bond acceptors (Lipinski definition) is 5. The highest BCUT2D eigenvalue weighted by molar-refractivity contribution is 7.89. The second-order valence-electron chi connectivity index (χ2n) is 7.98. The molecule has 0 saturated carbocycles. The molecule has 0 aliphatic carbocycles. The lowest BCUT2D eigenvalue weighted by Gasteiger charge is -2.34. The Morgan fingerprint density at radius 3 is 2.56 bits per heavy atom. The van der Waals surface area contributed by atoms with Gasteiger partial charge in [-0.3, -0.25) is 4.79 Å². The molecule has 2 aliphatic rings. The number of carbonyl (C=O) groups excluding carboxylic acids is 2. The molecule has 2 fully saturated rings. The van der Waals surface area contributed by atoms with E-state index in [9.17, 15) is 18.0 Å². The number of hydrogen-bond donors (Lipinski definition) is 1. The van der Waals surface area contributed by atoms with Gasteiger partial charge in [0, 0.05) is 32.6 Å². The lowest BCUT2D eigenvalue weighted by Crippen LogP contribution is -2.43. The van der Waals surface area contributed by atoms with Crippen LogP contribution < -0.4 is 5.14 Å². The maximum Gasteiger partial charge on any atom is 0.410 e. The summed E-state index contributed by atoms with van der Waals surface area (Å²) in [6.07, 6.45) is 2.29. The molecule has 0 aromatic heterocycles. The fourth-order valence-corrected chi connectivity index (χ4v) is 4.07. The van der Waals surface area contributed by atoms with Crippen LogP contribution in [0.3, 0.4) is 0 Å². The van der Waals surface area contributed by atoms with E-state index in [-0.39, 0.29) is 30.9 Å². The van der Waals surface area contributed by atoms with Gasteiger partial charge in [0.15, 0.2) is 0 Å². The van der Waals surface area contributed by atoms with E-state index in [4.69, 9.17) is 9.88 Å². The van der Waals surface area contributed by atoms with Crippen molar-refractivity contribution in [3.63, 3.8) is 0 Å². The molecular formula is C16H29N3O5S. The van der Waals surface area contributed by atoms with Gasteiger partial charge in [0.2, 0.25) is 15.9 Å². The second kappa shape index (κ2) is 7.49. The molecule has 2 unspecified atom stereocenters. The van der Waals surface area contributed by atoms with Gasteiger partial charge < -0.3 is 14.5 Å². The Labute approximate surface area is 149 Å². The van der Waals surface area contributed by atoms with Crippen LogP contribution in [0.5, 0.6) is 0 Å². The van der Waals surface area contributed by atoms with E-state index in [1.807, 2.05) is 20.8 Å². The van der Waals surface area contributed by atoms with Crippen molar-refractivity contribution in [2.75, 3.05) is 26.2 Å². The van der Waals surface area contributed by atoms with Crippen LogP contribution in [0.4, 0.5) is 4.79 Å². The Morgan fingerprint density at radius 1 is 1.32 bits per heavy atom. The summed E-state index contributed by atoms with van der Waals surface area (Å²) in [6, 6.07) is 0. The van der Waals surface area contributed by atoms with Crippen LogP contribution >= 0.6 is 0 Å². The molecule has 2 heterocycles. The molecule has 8 nitrogen and oxygen atoms in total. The summed E-state index contributed by atoms with van der Waals surface area (Å²) in [5.74, 6) is 0.112. The van der Waals surface area contributed by atoms with Gasteiger partial charge in [-0.1, -0.05) is 0 Å². The number of piperidine rings is 1. The van der Waals surface area contributed by atoms with E-state index in [1.54, 1.807) is 9.80 Å². The molecule has 0 radical (unpaired) electrons. The van der Waals surface area contributed by atoms with Gasteiger partial charge in [-0.05, 0) is 46.0 Å². The molecule has 2 amide bonds. The van der Waals surface area contributed by atoms with Crippen molar-refractivity contribution in [3.05, 3.63) is 0 Å². The predicted molar refractivity (Wildman–Crippen MR) is 93.2 cm³/mol. The lowest BCUT2D eigenvalue weighted by molar-refractivity contribution is -0.127. The van der Waals surface area contributed by atoms with Gasteiger partial charge in [-0.25, -0.2) is 18.4 Å². The molecule has 0 spiro atoms. The van der Waals surface area contributed by atoms with Crippen LogP contribution in [0.2, 0.25) is 0 Å². The Balaban J connectivity index is 1.83. The minimum absolute atomic E-state index is 0.0342. The van der Waals surface area contributed by atoms with Crippen molar-refractivity contribution in [1.29, 1.82) is 0 Å². The SMILES string of the molecule is CC(C)(C)OC(=O)N1CCCC(CCN2CC(S(N)(=O)=O)CC2=O)C1. The zero-order valence-electron chi connectivity index (χ0n) is 15.2. The molecule has 25 heavy (non-hydrogen) atoms. The second-order valence-corrected chi connectivity index (χ2v) is 9.82. The number of likely N-dealkylation sites (tertiary alicyclic amines) is 2. The predicted octanol–water partition coefficient (Wildman–Crippen LogP) is 0.913. The highest BCUT2D eigenvalue weighted by atomic mass is 32.2. The normalized spacial score (nSPS) is 25.4. The first-order valence-electron chi connectivity index (χ1n) is 8.73. The minimum atomic E-state index is -3.68. The van der Waals surface area contributed by atoms with Gasteiger partial charge >= 0.3 is 6.09 Å². The average molecular weight is 375 g/mol. The summed E-state index contributed by atoms with van der Waals surface area (Å²) in [4.78, 5) is 27.4. The highest BCUT2D eigenvalue weighted by Crippen LogP contribution is 2.24. The third-order valence-corrected chi connectivity index (χ3v) is 5.87. The maximum atomic E-state index is 12.2. The summed E-state index contributed by atoms with van der Waals surface area (Å²) in [5.41, 5.74) is -0.519. The molecule has 2 rings (SSSR count). The van der Waals surface area contributed by atoms with E-state index in [2.05, 4.69) is 0 Å². The minimum Gasteiger partial charge on any atom is -0.444 e. The fourth-order valence-electron chi connectivity index (χ4n) is 3.30. The van der Waals surface area contributed by atoms with Crippen LogP contribution in [0.25, 0.3) is 0 Å². The summed E-state index contributed by atoms with van der Waals surface area (Å²) in [7, 11) is -3.68. The van der Waals surface area contributed by atoms with E-state index in [0.717, 1.165) is 19.3 Å². The average Bonchev–Trinajstić information content (AvgIpc) is 2.85. The Kier molecular flexibility index (Phi) is 5.98. The van der Waals surface area contributed by atoms with Crippen LogP contribution in [-0.4, -0.2) is 67.2 Å². The highest BCUT2D eigenvalue weighted by Gasteiger charge is 2.36. The molecular weight excluding hydrogens is 346 g/mol. The summed E-state index contributed by atoms with van der Waals surface area (Å²) in [6.45, 7) is 7.47. The monoisotopic (exact) mass is 375 g/mol. The molecule has 0 aromatic rings. The van der Waals surface area contributed by atoms with Gasteiger partial charge in [0.25, 0.3) is 0 Å². The first kappa shape index (κ1) is 20.0. The number of nitrogens with zero attached hydrogens (tertiary/aromatic N) is 2. The van der Waals surface area contributed by atoms with E-state index < -0.39 is 20.9 Å². The Morgan fingerprint density at radius 2 is 2.00 bits per heavy atom. The topological polar surface area (TPSA) is 110 Å². The van der Waals surface area contributed by atoms with Crippen molar-refractivity contribution in [2.24, 2.45) is 11.1 Å². The third kappa shape index (κ3) is 5.85. The van der Waals surface area contributed by atoms with E-state index >= 15 is 0 Å². The number of amides is 2. The van der Waals surface area contributed by atoms with Crippen molar-refractivity contribution in [2.45, 2.75) is 57.3 Å². The van der Waals surface area contributed by atoms with Gasteiger partial charge in [0.05, 0.1) is 0 Å². The number of primary sulfonamides is 1. The fraction of sp³-hybridized carbons (Fsp3) is 0.875. The van der Waals surface area contributed by atoms with Crippen LogP contribution in [0.1, 0.15) is 46.5 Å². The molecule has 2 aliphatic heterocycles. The smallest absolute Gasteiger partial charge is 0.410 e. The molecule has 2 N–H and O–H groups in total. The van der Waals surface area contributed by atoms with Crippen LogP contribution in [-0.2, 0) is 19.6 Å². The maximum absolute atomic E-state index is 12.2. The van der Waals surface area contributed by atoms with Gasteiger partial charge in [0.1, 0.15) is 10.9 Å². The molecule has 0 aromatic carbocycles. The molecule has 0 bridgehead atoms. The number of rotatable bonds is 4. The zero-order chi connectivity index (χ0) is 18.8. The van der Waals surface area contributed by atoms with Crippen molar-refractivity contribution in [3.8, 4) is 0 Å². The molecule has 144 valence electrons. The molecule has 2 saturated heterocycles. The quantitative estimate of drug-likeness (QED) is 0.785. The van der Waals surface area contributed by atoms with E-state index in [1.165, 1.54) is 0 Å². The van der Waals surface area contributed by atoms with Crippen molar-refractivity contribution < 1.29 is 22.7 Å².